The van der Waals surface area contributed by atoms with Crippen LogP contribution in [-0.2, 0) is 0 Å². The van der Waals surface area contributed by atoms with Gasteiger partial charge in [-0.25, -0.2) is 0 Å². The summed E-state index contributed by atoms with van der Waals surface area (Å²) in [6, 6.07) is 8.23. The fraction of sp³-hybridized carbons (Fsp3) is 0.625. The Bertz CT molecular complexity index is 354. The first-order chi connectivity index (χ1) is 9.22. The molecular formula is C16H27NO2. The highest BCUT2D eigenvalue weighted by atomic mass is 16.5. The summed E-state index contributed by atoms with van der Waals surface area (Å²) in [4.78, 5) is 0. The van der Waals surface area contributed by atoms with Crippen molar-refractivity contribution >= 4 is 0 Å². The second kappa shape index (κ2) is 8.81. The van der Waals surface area contributed by atoms with Gasteiger partial charge >= 0.3 is 0 Å². The van der Waals surface area contributed by atoms with Crippen LogP contribution in [0, 0.1) is 5.92 Å². The summed E-state index contributed by atoms with van der Waals surface area (Å²) in [5, 5.41) is 3.49. The van der Waals surface area contributed by atoms with Crippen molar-refractivity contribution in [2.24, 2.45) is 5.92 Å². The quantitative estimate of drug-likeness (QED) is 0.741. The minimum Gasteiger partial charge on any atom is -0.490 e. The van der Waals surface area contributed by atoms with Gasteiger partial charge in [-0.15, -0.1) is 0 Å². The lowest BCUT2D eigenvalue weighted by Gasteiger charge is -2.24. The second-order valence-electron chi connectivity index (χ2n) is 4.74. The smallest absolute Gasteiger partial charge is 0.161 e. The maximum absolute atomic E-state index is 5.94. The summed E-state index contributed by atoms with van der Waals surface area (Å²) >= 11 is 0. The van der Waals surface area contributed by atoms with Crippen LogP contribution >= 0.6 is 0 Å². The molecule has 0 amide bonds. The Morgan fingerprint density at radius 1 is 1.05 bits per heavy atom. The van der Waals surface area contributed by atoms with Gasteiger partial charge in [-0.3, -0.25) is 0 Å². The van der Waals surface area contributed by atoms with E-state index >= 15 is 0 Å². The van der Waals surface area contributed by atoms with Crippen LogP contribution in [-0.4, -0.2) is 25.8 Å². The highest BCUT2D eigenvalue weighted by Crippen LogP contribution is 2.26. The van der Waals surface area contributed by atoms with Crippen molar-refractivity contribution in [1.82, 2.24) is 5.32 Å². The fourth-order valence-electron chi connectivity index (χ4n) is 1.99. The van der Waals surface area contributed by atoms with Crippen LogP contribution in [0.4, 0.5) is 0 Å². The summed E-state index contributed by atoms with van der Waals surface area (Å²) in [5.74, 6) is 2.25. The monoisotopic (exact) mass is 265 g/mol. The molecule has 1 aromatic rings. The lowest BCUT2D eigenvalue weighted by Crippen LogP contribution is -2.39. The zero-order chi connectivity index (χ0) is 14.1. The highest BCUT2D eigenvalue weighted by molar-refractivity contribution is 5.39. The number of hydrogen-bond acceptors (Lipinski definition) is 3. The van der Waals surface area contributed by atoms with Gasteiger partial charge in [-0.1, -0.05) is 39.3 Å². The van der Waals surface area contributed by atoms with Crippen molar-refractivity contribution in [2.45, 2.75) is 40.2 Å². The van der Waals surface area contributed by atoms with E-state index in [9.17, 15) is 0 Å². The fourth-order valence-corrected chi connectivity index (χ4v) is 1.99. The highest BCUT2D eigenvalue weighted by Gasteiger charge is 2.16. The first kappa shape index (κ1) is 15.8. The minimum atomic E-state index is 0.379. The van der Waals surface area contributed by atoms with Crippen LogP contribution in [0.2, 0.25) is 0 Å². The molecule has 0 saturated carbocycles. The Morgan fingerprint density at radius 2 is 1.68 bits per heavy atom. The normalized spacial score (nSPS) is 13.9. The molecular weight excluding hydrogens is 238 g/mol. The molecule has 0 aliphatic heterocycles. The molecule has 1 rings (SSSR count). The summed E-state index contributed by atoms with van der Waals surface area (Å²) in [7, 11) is 0. The number of benzene rings is 1. The third kappa shape index (κ3) is 5.11. The number of rotatable bonds is 9. The Kier molecular flexibility index (Phi) is 7.34. The van der Waals surface area contributed by atoms with Gasteiger partial charge < -0.3 is 14.8 Å². The van der Waals surface area contributed by atoms with Gasteiger partial charge in [-0.05, 0) is 31.5 Å². The standard InChI is InChI=1S/C16H27NO2/c1-5-13(4)14(17-6-2)12-19-16-11-9-8-10-15(16)18-7-3/h8-11,13-14,17H,5-7,12H2,1-4H3. The average molecular weight is 265 g/mol. The van der Waals surface area contributed by atoms with Crippen molar-refractivity contribution in [3.8, 4) is 11.5 Å². The van der Waals surface area contributed by atoms with Crippen LogP contribution in [0.25, 0.3) is 0 Å². The molecule has 0 heterocycles. The van der Waals surface area contributed by atoms with Crippen molar-refractivity contribution in [2.75, 3.05) is 19.8 Å². The van der Waals surface area contributed by atoms with E-state index in [2.05, 4.69) is 26.1 Å². The SMILES string of the molecule is CCNC(COc1ccccc1OCC)C(C)CC. The number of hydrogen-bond donors (Lipinski definition) is 1. The zero-order valence-corrected chi connectivity index (χ0v) is 12.6. The van der Waals surface area contributed by atoms with E-state index in [1.165, 1.54) is 0 Å². The van der Waals surface area contributed by atoms with Crippen LogP contribution in [0.15, 0.2) is 24.3 Å². The van der Waals surface area contributed by atoms with Gasteiger partial charge in [0.25, 0.3) is 0 Å². The molecule has 0 radical (unpaired) electrons. The molecule has 0 aliphatic carbocycles. The average Bonchev–Trinajstić information content (AvgIpc) is 2.44. The maximum Gasteiger partial charge on any atom is 0.161 e. The molecule has 0 saturated heterocycles. The van der Waals surface area contributed by atoms with Gasteiger partial charge in [0.2, 0.25) is 0 Å². The number of para-hydroxylation sites is 2. The van der Waals surface area contributed by atoms with Crippen LogP contribution in [0.3, 0.4) is 0 Å². The van der Waals surface area contributed by atoms with Gasteiger partial charge in [0.1, 0.15) is 6.61 Å². The van der Waals surface area contributed by atoms with Gasteiger partial charge in [0, 0.05) is 6.04 Å². The number of ether oxygens (including phenoxy) is 2. The molecule has 3 nitrogen and oxygen atoms in total. The first-order valence-electron chi connectivity index (χ1n) is 7.30. The number of likely N-dealkylation sites (N-methyl/N-ethyl adjacent to an activating group) is 1. The zero-order valence-electron chi connectivity index (χ0n) is 12.6. The predicted molar refractivity (Wildman–Crippen MR) is 80.0 cm³/mol. The lowest BCUT2D eigenvalue weighted by molar-refractivity contribution is 0.212. The van der Waals surface area contributed by atoms with Gasteiger partial charge in [-0.2, -0.15) is 0 Å². The molecule has 108 valence electrons. The van der Waals surface area contributed by atoms with Gasteiger partial charge in [0.15, 0.2) is 11.5 Å². The van der Waals surface area contributed by atoms with Crippen molar-refractivity contribution in [3.05, 3.63) is 24.3 Å². The first-order valence-corrected chi connectivity index (χ1v) is 7.30. The van der Waals surface area contributed by atoms with Gasteiger partial charge in [0.05, 0.1) is 6.61 Å². The molecule has 2 atom stereocenters. The van der Waals surface area contributed by atoms with Crippen LogP contribution < -0.4 is 14.8 Å². The third-order valence-electron chi connectivity index (χ3n) is 3.36. The summed E-state index contributed by atoms with van der Waals surface area (Å²) in [5.41, 5.74) is 0. The summed E-state index contributed by atoms with van der Waals surface area (Å²) in [6.45, 7) is 10.9. The van der Waals surface area contributed by atoms with E-state index in [0.29, 0.717) is 25.2 Å². The maximum atomic E-state index is 5.94. The molecule has 2 unspecified atom stereocenters. The predicted octanol–water partition coefficient (Wildman–Crippen LogP) is 3.49. The van der Waals surface area contributed by atoms with E-state index in [1.54, 1.807) is 0 Å². The van der Waals surface area contributed by atoms with Crippen LogP contribution in [0.5, 0.6) is 11.5 Å². The molecule has 1 N–H and O–H groups in total. The molecule has 0 aliphatic rings. The third-order valence-corrected chi connectivity index (χ3v) is 3.36. The van der Waals surface area contributed by atoms with Crippen LogP contribution in [0.1, 0.15) is 34.1 Å². The topological polar surface area (TPSA) is 30.5 Å². The molecule has 3 heteroatoms. The van der Waals surface area contributed by atoms with Crippen molar-refractivity contribution in [3.63, 3.8) is 0 Å². The van der Waals surface area contributed by atoms with Crippen molar-refractivity contribution < 1.29 is 9.47 Å². The summed E-state index contributed by atoms with van der Waals surface area (Å²) in [6.07, 6.45) is 1.15. The second-order valence-corrected chi connectivity index (χ2v) is 4.74. The minimum absolute atomic E-state index is 0.379. The molecule has 0 bridgehead atoms. The van der Waals surface area contributed by atoms with E-state index in [0.717, 1.165) is 24.5 Å². The lowest BCUT2D eigenvalue weighted by atomic mass is 10.00. The summed E-state index contributed by atoms with van der Waals surface area (Å²) < 4.78 is 11.5. The molecule has 19 heavy (non-hydrogen) atoms. The van der Waals surface area contributed by atoms with E-state index in [-0.39, 0.29) is 0 Å². The molecule has 0 fully saturated rings. The Balaban J connectivity index is 2.62. The molecule has 1 aromatic carbocycles. The largest absolute Gasteiger partial charge is 0.490 e. The van der Waals surface area contributed by atoms with E-state index in [1.807, 2.05) is 31.2 Å². The Morgan fingerprint density at radius 3 is 2.21 bits per heavy atom. The van der Waals surface area contributed by atoms with E-state index < -0.39 is 0 Å². The number of nitrogens with one attached hydrogen (secondary N) is 1. The Labute approximate surface area is 117 Å². The van der Waals surface area contributed by atoms with Crippen molar-refractivity contribution in [1.29, 1.82) is 0 Å². The molecule has 0 aromatic heterocycles. The molecule has 0 spiro atoms. The van der Waals surface area contributed by atoms with E-state index in [4.69, 9.17) is 9.47 Å². The Hall–Kier alpha value is -1.22.